The second kappa shape index (κ2) is 8.30. The summed E-state index contributed by atoms with van der Waals surface area (Å²) in [5, 5.41) is 24.6. The molecule has 1 atom stereocenters. The fraction of sp³-hybridized carbons (Fsp3) is 0.647. The van der Waals surface area contributed by atoms with E-state index in [0.29, 0.717) is 5.92 Å². The van der Waals surface area contributed by atoms with Gasteiger partial charge in [-0.3, -0.25) is 15.0 Å². The molecule has 0 aliphatic carbocycles. The Balaban J connectivity index is 2.39. The van der Waals surface area contributed by atoms with E-state index in [1.807, 2.05) is 0 Å². The topological polar surface area (TPSA) is 87.9 Å². The van der Waals surface area contributed by atoms with E-state index >= 15 is 0 Å². The molecule has 1 aromatic rings. The maximum absolute atomic E-state index is 11.3. The second-order valence-corrected chi connectivity index (χ2v) is 6.62. The first-order valence-corrected chi connectivity index (χ1v) is 8.44. The fourth-order valence-corrected chi connectivity index (χ4v) is 3.15. The Morgan fingerprint density at radius 3 is 2.54 bits per heavy atom. The summed E-state index contributed by atoms with van der Waals surface area (Å²) in [4.78, 5) is 13.1. The first-order chi connectivity index (χ1) is 11.4. The summed E-state index contributed by atoms with van der Waals surface area (Å²) in [5.41, 5.74) is 0.535. The summed E-state index contributed by atoms with van der Waals surface area (Å²) < 4.78 is 5.15. The zero-order valence-electron chi connectivity index (χ0n) is 14.6. The molecular weight excluding hydrogens is 310 g/mol. The van der Waals surface area contributed by atoms with Crippen LogP contribution in [0.15, 0.2) is 12.1 Å². The molecule has 0 spiro atoms. The van der Waals surface area contributed by atoms with Gasteiger partial charge in [0.15, 0.2) is 5.75 Å². The highest BCUT2D eigenvalue weighted by Gasteiger charge is 2.27. The predicted molar refractivity (Wildman–Crippen MR) is 92.6 cm³/mol. The molecule has 2 rings (SSSR count). The van der Waals surface area contributed by atoms with Gasteiger partial charge in [-0.1, -0.05) is 13.8 Å². The van der Waals surface area contributed by atoms with Gasteiger partial charge in [0.05, 0.1) is 12.0 Å². The number of ether oxygens (including phenoxy) is 1. The number of hydrogen-bond acceptors (Lipinski definition) is 6. The number of hydrogen-bond donors (Lipinski definition) is 2. The molecule has 0 aromatic heterocycles. The molecule has 24 heavy (non-hydrogen) atoms. The molecule has 0 saturated carbocycles. The van der Waals surface area contributed by atoms with Crippen molar-refractivity contribution in [1.82, 2.24) is 10.2 Å². The number of benzene rings is 1. The molecule has 2 N–H and O–H groups in total. The van der Waals surface area contributed by atoms with Gasteiger partial charge in [-0.15, -0.1) is 0 Å². The SMILES string of the molecule is COc1cc([C@@H](CCC(C)C)N2CCNCC2)cc([N+](=O)[O-])c1O. The molecule has 0 radical (unpaired) electrons. The van der Waals surface area contributed by atoms with E-state index in [9.17, 15) is 15.2 Å². The number of nitrogens with zero attached hydrogens (tertiary/aromatic N) is 2. The Morgan fingerprint density at radius 2 is 2.00 bits per heavy atom. The standard InChI is InChI=1S/C17H27N3O4/c1-12(2)4-5-14(19-8-6-18-7-9-19)13-10-15(20(22)23)17(21)16(11-13)24-3/h10-12,14,18,21H,4-9H2,1-3H3/t14-/m1/s1. The summed E-state index contributed by atoms with van der Waals surface area (Å²) in [6, 6.07) is 3.31. The van der Waals surface area contributed by atoms with Gasteiger partial charge < -0.3 is 15.2 Å². The van der Waals surface area contributed by atoms with Crippen LogP contribution in [0.2, 0.25) is 0 Å². The van der Waals surface area contributed by atoms with E-state index in [-0.39, 0.29) is 17.5 Å². The minimum atomic E-state index is -0.557. The van der Waals surface area contributed by atoms with Crippen molar-refractivity contribution in [2.75, 3.05) is 33.3 Å². The van der Waals surface area contributed by atoms with Crippen molar-refractivity contribution in [3.63, 3.8) is 0 Å². The Hall–Kier alpha value is -1.86. The van der Waals surface area contributed by atoms with Crippen LogP contribution in [0.3, 0.4) is 0 Å². The Morgan fingerprint density at radius 1 is 1.33 bits per heavy atom. The molecule has 0 unspecified atom stereocenters. The van der Waals surface area contributed by atoms with Gasteiger partial charge in [0.2, 0.25) is 5.75 Å². The van der Waals surface area contributed by atoms with Crippen molar-refractivity contribution in [2.24, 2.45) is 5.92 Å². The fourth-order valence-electron chi connectivity index (χ4n) is 3.15. The number of nitro benzene ring substituents is 1. The molecule has 0 amide bonds. The zero-order valence-corrected chi connectivity index (χ0v) is 14.6. The number of phenols is 1. The van der Waals surface area contributed by atoms with Crippen molar-refractivity contribution >= 4 is 5.69 Å². The minimum absolute atomic E-state index is 0.0858. The quantitative estimate of drug-likeness (QED) is 0.587. The van der Waals surface area contributed by atoms with E-state index in [0.717, 1.165) is 44.6 Å². The van der Waals surface area contributed by atoms with E-state index in [1.165, 1.54) is 13.2 Å². The minimum Gasteiger partial charge on any atom is -0.500 e. The smallest absolute Gasteiger partial charge is 0.314 e. The van der Waals surface area contributed by atoms with E-state index in [1.54, 1.807) is 6.07 Å². The number of piperazine rings is 1. The van der Waals surface area contributed by atoms with Crippen LogP contribution in [0.1, 0.15) is 38.3 Å². The van der Waals surface area contributed by atoms with Crippen LogP contribution >= 0.6 is 0 Å². The average Bonchev–Trinajstić information content (AvgIpc) is 2.56. The molecule has 1 saturated heterocycles. The summed E-state index contributed by atoms with van der Waals surface area (Å²) in [6.07, 6.45) is 1.95. The van der Waals surface area contributed by atoms with Gasteiger partial charge >= 0.3 is 5.69 Å². The Kier molecular flexibility index (Phi) is 6.39. The van der Waals surface area contributed by atoms with Gasteiger partial charge in [0, 0.05) is 38.3 Å². The molecule has 1 fully saturated rings. The molecule has 1 aliphatic heterocycles. The largest absolute Gasteiger partial charge is 0.500 e. The number of phenolic OH excluding ortho intramolecular Hbond substituents is 1. The van der Waals surface area contributed by atoms with Crippen molar-refractivity contribution in [3.8, 4) is 11.5 Å². The third-order valence-electron chi connectivity index (χ3n) is 4.49. The average molecular weight is 337 g/mol. The lowest BCUT2D eigenvalue weighted by atomic mass is 9.95. The van der Waals surface area contributed by atoms with Gasteiger partial charge in [-0.25, -0.2) is 0 Å². The monoisotopic (exact) mass is 337 g/mol. The maximum atomic E-state index is 11.3. The van der Waals surface area contributed by atoms with Gasteiger partial charge in [-0.05, 0) is 30.4 Å². The lowest BCUT2D eigenvalue weighted by molar-refractivity contribution is -0.386. The summed E-state index contributed by atoms with van der Waals surface area (Å²) in [5.74, 6) is 0.308. The van der Waals surface area contributed by atoms with Crippen molar-refractivity contribution < 1.29 is 14.8 Å². The number of methoxy groups -OCH3 is 1. The highest BCUT2D eigenvalue weighted by atomic mass is 16.6. The van der Waals surface area contributed by atoms with Gasteiger partial charge in [0.1, 0.15) is 0 Å². The lowest BCUT2D eigenvalue weighted by Gasteiger charge is -2.35. The lowest BCUT2D eigenvalue weighted by Crippen LogP contribution is -2.45. The van der Waals surface area contributed by atoms with Crippen LogP contribution in [0, 0.1) is 16.0 Å². The van der Waals surface area contributed by atoms with Crippen LogP contribution in [0.4, 0.5) is 5.69 Å². The van der Waals surface area contributed by atoms with Gasteiger partial charge in [0.25, 0.3) is 0 Å². The number of rotatable bonds is 7. The van der Waals surface area contributed by atoms with Crippen molar-refractivity contribution in [3.05, 3.63) is 27.8 Å². The predicted octanol–water partition coefficient (Wildman–Crippen LogP) is 2.69. The third kappa shape index (κ3) is 4.36. The molecule has 7 heteroatoms. The van der Waals surface area contributed by atoms with Crippen molar-refractivity contribution in [2.45, 2.75) is 32.7 Å². The summed E-state index contributed by atoms with van der Waals surface area (Å²) in [6.45, 7) is 7.98. The van der Waals surface area contributed by atoms with Crippen molar-refractivity contribution in [1.29, 1.82) is 0 Å². The Labute approximate surface area is 142 Å². The number of nitro groups is 1. The van der Waals surface area contributed by atoms with E-state index < -0.39 is 10.7 Å². The molecule has 1 aromatic carbocycles. The first-order valence-electron chi connectivity index (χ1n) is 8.44. The highest BCUT2D eigenvalue weighted by molar-refractivity contribution is 5.57. The van der Waals surface area contributed by atoms with Crippen LogP contribution < -0.4 is 10.1 Å². The maximum Gasteiger partial charge on any atom is 0.314 e. The van der Waals surface area contributed by atoms with Crippen LogP contribution in [-0.2, 0) is 0 Å². The molecule has 0 bridgehead atoms. The molecular formula is C17H27N3O4. The normalized spacial score (nSPS) is 17.0. The van der Waals surface area contributed by atoms with Crippen LogP contribution in [-0.4, -0.2) is 48.2 Å². The van der Waals surface area contributed by atoms with E-state index in [4.69, 9.17) is 4.74 Å². The summed E-state index contributed by atoms with van der Waals surface area (Å²) in [7, 11) is 1.41. The molecule has 7 nitrogen and oxygen atoms in total. The summed E-state index contributed by atoms with van der Waals surface area (Å²) >= 11 is 0. The second-order valence-electron chi connectivity index (χ2n) is 6.62. The van der Waals surface area contributed by atoms with Crippen LogP contribution in [0.5, 0.6) is 11.5 Å². The molecule has 1 aliphatic rings. The molecule has 134 valence electrons. The Bertz CT molecular complexity index is 571. The highest BCUT2D eigenvalue weighted by Crippen LogP contribution is 2.40. The van der Waals surface area contributed by atoms with Gasteiger partial charge in [-0.2, -0.15) is 0 Å². The number of aromatic hydroxyl groups is 1. The third-order valence-corrected chi connectivity index (χ3v) is 4.49. The zero-order chi connectivity index (χ0) is 17.7. The number of nitrogens with one attached hydrogen (secondary N) is 1. The molecule has 1 heterocycles. The first kappa shape index (κ1) is 18.5. The van der Waals surface area contributed by atoms with E-state index in [2.05, 4.69) is 24.1 Å². The van der Waals surface area contributed by atoms with Crippen LogP contribution in [0.25, 0.3) is 0 Å².